The molecule has 1 saturated heterocycles. The lowest BCUT2D eigenvalue weighted by Gasteiger charge is -2.32. The van der Waals surface area contributed by atoms with Crippen LogP contribution in [0.25, 0.3) is 5.69 Å². The van der Waals surface area contributed by atoms with Gasteiger partial charge in [-0.05, 0) is 44.0 Å². The van der Waals surface area contributed by atoms with Crippen molar-refractivity contribution in [3.8, 4) is 5.69 Å². The van der Waals surface area contributed by atoms with Gasteiger partial charge >= 0.3 is 0 Å². The summed E-state index contributed by atoms with van der Waals surface area (Å²) in [5.74, 6) is 0.831. The second kappa shape index (κ2) is 7.18. The largest absolute Gasteiger partial charge is 0.345 e. The lowest BCUT2D eigenvalue weighted by atomic mass is 9.97. The smallest absolute Gasteiger partial charge is 0.222 e. The van der Waals surface area contributed by atoms with Crippen LogP contribution in [-0.4, -0.2) is 52.7 Å². The number of carbonyl (C=O) groups excluding carboxylic acids is 1. The molecule has 1 fully saturated rings. The first-order valence-corrected chi connectivity index (χ1v) is 8.54. The van der Waals surface area contributed by atoms with Crippen molar-refractivity contribution in [1.82, 2.24) is 19.6 Å². The minimum Gasteiger partial charge on any atom is -0.345 e. The van der Waals surface area contributed by atoms with Crippen LogP contribution in [0.2, 0.25) is 0 Å². The molecule has 3 rings (SSSR count). The molecule has 0 aliphatic carbocycles. The van der Waals surface area contributed by atoms with Crippen molar-refractivity contribution in [2.24, 2.45) is 5.92 Å². The monoisotopic (exact) mass is 326 g/mol. The summed E-state index contributed by atoms with van der Waals surface area (Å²) < 4.78 is 1.93. The van der Waals surface area contributed by atoms with Crippen LogP contribution in [0.3, 0.4) is 0 Å². The molecule has 1 atom stereocenters. The minimum absolute atomic E-state index is 0.272. The van der Waals surface area contributed by atoms with Gasteiger partial charge in [0.1, 0.15) is 0 Å². The van der Waals surface area contributed by atoms with Crippen molar-refractivity contribution in [1.29, 1.82) is 0 Å². The van der Waals surface area contributed by atoms with Gasteiger partial charge in [-0.3, -0.25) is 4.79 Å². The fraction of sp³-hybridized carbons (Fsp3) is 0.474. The van der Waals surface area contributed by atoms with E-state index in [1.54, 1.807) is 0 Å². The predicted octanol–water partition coefficient (Wildman–Crippen LogP) is 2.48. The number of aryl methyl sites for hydroxylation is 1. The molecule has 1 amide bonds. The van der Waals surface area contributed by atoms with E-state index >= 15 is 0 Å². The third kappa shape index (κ3) is 4.03. The van der Waals surface area contributed by atoms with Gasteiger partial charge in [-0.1, -0.05) is 12.1 Å². The summed E-state index contributed by atoms with van der Waals surface area (Å²) in [5.41, 5.74) is 3.54. The normalized spacial score (nSPS) is 18.4. The SMILES string of the molecule is Cc1cccc(-n2cc(CN(C)CC3CCC(=O)N(C)C3)cn2)c1. The Morgan fingerprint density at radius 3 is 2.96 bits per heavy atom. The van der Waals surface area contributed by atoms with E-state index in [1.807, 2.05) is 22.8 Å². The van der Waals surface area contributed by atoms with Gasteiger partial charge in [0.15, 0.2) is 0 Å². The van der Waals surface area contributed by atoms with Crippen molar-refractivity contribution >= 4 is 5.91 Å². The van der Waals surface area contributed by atoms with Crippen molar-refractivity contribution in [3.05, 3.63) is 47.8 Å². The number of nitrogens with zero attached hydrogens (tertiary/aromatic N) is 4. The first-order valence-electron chi connectivity index (χ1n) is 8.54. The number of likely N-dealkylation sites (tertiary alicyclic amines) is 1. The van der Waals surface area contributed by atoms with Crippen LogP contribution in [0.5, 0.6) is 0 Å². The summed E-state index contributed by atoms with van der Waals surface area (Å²) in [4.78, 5) is 15.8. The Morgan fingerprint density at radius 2 is 2.21 bits per heavy atom. The number of benzene rings is 1. The van der Waals surface area contributed by atoms with E-state index in [1.165, 1.54) is 11.1 Å². The highest BCUT2D eigenvalue weighted by atomic mass is 16.2. The standard InChI is InChI=1S/C19H26N4O/c1-15-5-4-6-18(9-15)23-14-17(10-20-23)12-21(2)11-16-7-8-19(24)22(3)13-16/h4-6,9-10,14,16H,7-8,11-13H2,1-3H3. The van der Waals surface area contributed by atoms with Crippen LogP contribution in [0.4, 0.5) is 0 Å². The summed E-state index contributed by atoms with van der Waals surface area (Å²) in [6.45, 7) is 4.84. The molecule has 1 aliphatic heterocycles. The van der Waals surface area contributed by atoms with Gasteiger partial charge in [-0.2, -0.15) is 5.10 Å². The fourth-order valence-corrected chi connectivity index (χ4v) is 3.42. The molecule has 128 valence electrons. The molecule has 5 nitrogen and oxygen atoms in total. The van der Waals surface area contributed by atoms with Crippen molar-refractivity contribution in [3.63, 3.8) is 0 Å². The van der Waals surface area contributed by atoms with Gasteiger partial charge in [0.2, 0.25) is 5.91 Å². The second-order valence-corrected chi connectivity index (χ2v) is 7.01. The van der Waals surface area contributed by atoms with Gasteiger partial charge in [0, 0.05) is 44.9 Å². The molecule has 0 spiro atoms. The molecular weight excluding hydrogens is 300 g/mol. The zero-order valence-corrected chi connectivity index (χ0v) is 14.8. The van der Waals surface area contributed by atoms with E-state index in [9.17, 15) is 4.79 Å². The number of rotatable bonds is 5. The average molecular weight is 326 g/mol. The Balaban J connectivity index is 1.57. The molecule has 1 aromatic heterocycles. The maximum absolute atomic E-state index is 11.6. The number of amides is 1. The maximum atomic E-state index is 11.6. The first-order chi connectivity index (χ1) is 11.5. The summed E-state index contributed by atoms with van der Waals surface area (Å²) in [7, 11) is 4.04. The highest BCUT2D eigenvalue weighted by Gasteiger charge is 2.23. The molecule has 5 heteroatoms. The van der Waals surface area contributed by atoms with Crippen LogP contribution in [0.1, 0.15) is 24.0 Å². The van der Waals surface area contributed by atoms with Crippen LogP contribution in [-0.2, 0) is 11.3 Å². The highest BCUT2D eigenvalue weighted by molar-refractivity contribution is 5.76. The number of aromatic nitrogens is 2. The third-order valence-corrected chi connectivity index (χ3v) is 4.65. The molecule has 0 radical (unpaired) electrons. The first kappa shape index (κ1) is 16.7. The second-order valence-electron chi connectivity index (χ2n) is 7.01. The van der Waals surface area contributed by atoms with Crippen molar-refractivity contribution < 1.29 is 4.79 Å². The molecule has 1 aliphatic rings. The van der Waals surface area contributed by atoms with E-state index in [-0.39, 0.29) is 5.91 Å². The molecule has 24 heavy (non-hydrogen) atoms. The van der Waals surface area contributed by atoms with Gasteiger partial charge in [-0.25, -0.2) is 4.68 Å². The Morgan fingerprint density at radius 1 is 1.38 bits per heavy atom. The van der Waals surface area contributed by atoms with Crippen LogP contribution in [0, 0.1) is 12.8 Å². The van der Waals surface area contributed by atoms with E-state index in [2.05, 4.69) is 54.4 Å². The Bertz CT molecular complexity index is 709. The summed E-state index contributed by atoms with van der Waals surface area (Å²) in [6, 6.07) is 8.35. The summed E-state index contributed by atoms with van der Waals surface area (Å²) in [6.07, 6.45) is 5.72. The number of carbonyl (C=O) groups is 1. The number of hydrogen-bond acceptors (Lipinski definition) is 3. The van der Waals surface area contributed by atoms with E-state index in [0.717, 1.165) is 31.7 Å². The lowest BCUT2D eigenvalue weighted by Crippen LogP contribution is -2.41. The van der Waals surface area contributed by atoms with E-state index in [0.29, 0.717) is 12.3 Å². The molecule has 0 saturated carbocycles. The molecule has 1 aromatic carbocycles. The van der Waals surface area contributed by atoms with Crippen molar-refractivity contribution in [2.75, 3.05) is 27.2 Å². The molecular formula is C19H26N4O. The van der Waals surface area contributed by atoms with Crippen LogP contribution < -0.4 is 0 Å². The predicted molar refractivity (Wildman–Crippen MR) is 95.0 cm³/mol. The average Bonchev–Trinajstić information content (AvgIpc) is 2.99. The van der Waals surface area contributed by atoms with E-state index in [4.69, 9.17) is 0 Å². The summed E-state index contributed by atoms with van der Waals surface area (Å²) >= 11 is 0. The molecule has 0 bridgehead atoms. The molecule has 2 aromatic rings. The molecule has 2 heterocycles. The molecule has 1 unspecified atom stereocenters. The zero-order chi connectivity index (χ0) is 17.1. The van der Waals surface area contributed by atoms with Crippen LogP contribution in [0.15, 0.2) is 36.7 Å². The maximum Gasteiger partial charge on any atom is 0.222 e. The highest BCUT2D eigenvalue weighted by Crippen LogP contribution is 2.18. The van der Waals surface area contributed by atoms with E-state index < -0.39 is 0 Å². The van der Waals surface area contributed by atoms with Gasteiger partial charge < -0.3 is 9.80 Å². The van der Waals surface area contributed by atoms with Gasteiger partial charge in [0.05, 0.1) is 11.9 Å². The summed E-state index contributed by atoms with van der Waals surface area (Å²) in [5, 5.41) is 4.49. The fourth-order valence-electron chi connectivity index (χ4n) is 3.42. The Hall–Kier alpha value is -2.14. The van der Waals surface area contributed by atoms with Crippen molar-refractivity contribution in [2.45, 2.75) is 26.3 Å². The van der Waals surface area contributed by atoms with Gasteiger partial charge in [0.25, 0.3) is 0 Å². The quantitative estimate of drug-likeness (QED) is 0.848. The number of piperidine rings is 1. The lowest BCUT2D eigenvalue weighted by molar-refractivity contribution is -0.133. The van der Waals surface area contributed by atoms with Crippen LogP contribution >= 0.6 is 0 Å². The number of hydrogen-bond donors (Lipinski definition) is 0. The topological polar surface area (TPSA) is 41.4 Å². The third-order valence-electron chi connectivity index (χ3n) is 4.65. The minimum atomic E-state index is 0.272. The zero-order valence-electron chi connectivity index (χ0n) is 14.8. The molecule has 0 N–H and O–H groups in total. The van der Waals surface area contributed by atoms with Gasteiger partial charge in [-0.15, -0.1) is 0 Å². The Labute approximate surface area is 143 Å². The Kier molecular flexibility index (Phi) is 5.00.